The van der Waals surface area contributed by atoms with Crippen LogP contribution in [-0.2, 0) is 0 Å². The second-order valence-corrected chi connectivity index (χ2v) is 9.13. The van der Waals surface area contributed by atoms with Crippen LogP contribution in [0.25, 0.3) is 22.3 Å². The summed E-state index contributed by atoms with van der Waals surface area (Å²) in [6.45, 7) is 5.77. The van der Waals surface area contributed by atoms with Gasteiger partial charge in [0.25, 0.3) is 0 Å². The summed E-state index contributed by atoms with van der Waals surface area (Å²) in [5.74, 6) is 0.512. The molecular weight excluding hydrogens is 445 g/mol. The molecule has 174 valence electrons. The van der Waals surface area contributed by atoms with Crippen LogP contribution in [0.1, 0.15) is 35.2 Å². The first-order valence-electron chi connectivity index (χ1n) is 11.0. The van der Waals surface area contributed by atoms with Crippen molar-refractivity contribution in [2.45, 2.75) is 26.8 Å². The lowest BCUT2D eigenvalue weighted by Crippen LogP contribution is -2.15. The van der Waals surface area contributed by atoms with E-state index in [1.54, 1.807) is 26.3 Å². The first-order chi connectivity index (χ1) is 16.3. The maximum absolute atomic E-state index is 13.4. The molecule has 0 spiro atoms. The van der Waals surface area contributed by atoms with Crippen LogP contribution in [0.2, 0.25) is 0 Å². The third-order valence-electron chi connectivity index (χ3n) is 5.90. The van der Waals surface area contributed by atoms with Crippen LogP contribution >= 0.6 is 8.81 Å². The van der Waals surface area contributed by atoms with E-state index < -0.39 is 0 Å². The van der Waals surface area contributed by atoms with Gasteiger partial charge >= 0.3 is 0 Å². The number of aliphatic imine (C=N–C) groups is 1. The fraction of sp³-hybridized carbons (Fsp3) is 0.185. The normalized spacial score (nSPS) is 12.7. The Hall–Kier alpha value is -3.47. The summed E-state index contributed by atoms with van der Waals surface area (Å²) < 4.78 is 6.46. The number of nitrogens with two attached hydrogens (primary N) is 1. The van der Waals surface area contributed by atoms with Gasteiger partial charge in [-0.2, -0.15) is 0 Å². The SMILES string of the molecule is CN=Cc1cc(-c2oc3c(C(C)Nc4ccccc4PO)cc(C)cc3c(=O)c2C)ccc1N. The Morgan fingerprint density at radius 3 is 2.65 bits per heavy atom. The number of fused-ring (bicyclic) bond motifs is 1. The van der Waals surface area contributed by atoms with E-state index in [1.165, 1.54) is 0 Å². The molecular formula is C27H28N3O3P. The number of rotatable bonds is 6. The molecule has 2 unspecified atom stereocenters. The van der Waals surface area contributed by atoms with E-state index in [0.29, 0.717) is 28.0 Å². The highest BCUT2D eigenvalue weighted by atomic mass is 31.1. The Morgan fingerprint density at radius 1 is 1.15 bits per heavy atom. The third kappa shape index (κ3) is 4.47. The molecule has 34 heavy (non-hydrogen) atoms. The molecule has 0 amide bonds. The summed E-state index contributed by atoms with van der Waals surface area (Å²) in [5.41, 5.74) is 11.9. The van der Waals surface area contributed by atoms with E-state index in [-0.39, 0.29) is 20.3 Å². The summed E-state index contributed by atoms with van der Waals surface area (Å²) in [5, 5.41) is 4.85. The monoisotopic (exact) mass is 473 g/mol. The number of benzene rings is 3. The summed E-state index contributed by atoms with van der Waals surface area (Å²) in [7, 11) is 1.37. The third-order valence-corrected chi connectivity index (χ3v) is 6.57. The van der Waals surface area contributed by atoms with Crippen molar-refractivity contribution < 1.29 is 9.31 Å². The largest absolute Gasteiger partial charge is 0.455 e. The van der Waals surface area contributed by atoms with E-state index in [4.69, 9.17) is 10.2 Å². The van der Waals surface area contributed by atoms with Gasteiger partial charge in [0, 0.05) is 61.0 Å². The maximum Gasteiger partial charge on any atom is 0.196 e. The first-order valence-corrected chi connectivity index (χ1v) is 11.9. The predicted octanol–water partition coefficient (Wildman–Crippen LogP) is 5.09. The van der Waals surface area contributed by atoms with Crippen LogP contribution in [0.15, 0.2) is 68.8 Å². The van der Waals surface area contributed by atoms with Crippen LogP contribution in [0.5, 0.6) is 0 Å². The molecule has 4 N–H and O–H groups in total. The number of para-hydroxylation sites is 1. The molecule has 0 aliphatic rings. The Balaban J connectivity index is 1.90. The summed E-state index contributed by atoms with van der Waals surface area (Å²) in [6, 6.07) is 16.9. The number of hydrogen-bond acceptors (Lipinski definition) is 6. The molecule has 3 aromatic carbocycles. The Kier molecular flexibility index (Phi) is 6.82. The van der Waals surface area contributed by atoms with E-state index >= 15 is 0 Å². The second-order valence-electron chi connectivity index (χ2n) is 8.37. The van der Waals surface area contributed by atoms with Crippen LogP contribution in [0, 0.1) is 13.8 Å². The molecule has 0 saturated carbocycles. The topological polar surface area (TPSA) is 101 Å². The highest BCUT2D eigenvalue weighted by molar-refractivity contribution is 7.41. The number of aryl methyl sites for hydroxylation is 1. The molecule has 6 nitrogen and oxygen atoms in total. The van der Waals surface area contributed by atoms with Crippen LogP contribution in [0.4, 0.5) is 11.4 Å². The van der Waals surface area contributed by atoms with Gasteiger partial charge in [0.2, 0.25) is 0 Å². The van der Waals surface area contributed by atoms with Crippen molar-refractivity contribution in [1.82, 2.24) is 0 Å². The maximum atomic E-state index is 13.4. The quantitative estimate of drug-likeness (QED) is 0.206. The van der Waals surface area contributed by atoms with Crippen molar-refractivity contribution in [3.05, 3.63) is 87.1 Å². The summed E-state index contributed by atoms with van der Waals surface area (Å²) >= 11 is 0. The minimum atomic E-state index is -0.319. The van der Waals surface area contributed by atoms with Crippen molar-refractivity contribution in [2.24, 2.45) is 4.99 Å². The molecule has 0 fully saturated rings. The molecule has 0 radical (unpaired) electrons. The minimum Gasteiger partial charge on any atom is -0.455 e. The van der Waals surface area contributed by atoms with Crippen molar-refractivity contribution >= 4 is 42.7 Å². The number of hydrogen-bond donors (Lipinski definition) is 3. The highest BCUT2D eigenvalue weighted by Crippen LogP contribution is 2.33. The van der Waals surface area contributed by atoms with Crippen molar-refractivity contribution in [3.8, 4) is 11.3 Å². The predicted molar refractivity (Wildman–Crippen MR) is 144 cm³/mol. The first kappa shape index (κ1) is 23.7. The van der Waals surface area contributed by atoms with Gasteiger partial charge in [-0.25, -0.2) is 0 Å². The lowest BCUT2D eigenvalue weighted by Gasteiger charge is -2.20. The molecule has 0 aliphatic carbocycles. The van der Waals surface area contributed by atoms with Gasteiger partial charge in [0.15, 0.2) is 5.43 Å². The van der Waals surface area contributed by atoms with Gasteiger partial charge in [-0.15, -0.1) is 0 Å². The smallest absolute Gasteiger partial charge is 0.196 e. The molecule has 2 atom stereocenters. The van der Waals surface area contributed by atoms with E-state index in [2.05, 4.69) is 10.3 Å². The fourth-order valence-corrected chi connectivity index (χ4v) is 4.60. The highest BCUT2D eigenvalue weighted by Gasteiger charge is 2.20. The van der Waals surface area contributed by atoms with E-state index in [9.17, 15) is 9.69 Å². The van der Waals surface area contributed by atoms with Crippen molar-refractivity contribution in [3.63, 3.8) is 0 Å². The zero-order valence-corrected chi connectivity index (χ0v) is 20.6. The van der Waals surface area contributed by atoms with Gasteiger partial charge < -0.3 is 20.4 Å². The van der Waals surface area contributed by atoms with Crippen LogP contribution < -0.4 is 21.8 Å². The van der Waals surface area contributed by atoms with Gasteiger partial charge in [0.05, 0.1) is 11.4 Å². The van der Waals surface area contributed by atoms with Crippen molar-refractivity contribution in [1.29, 1.82) is 0 Å². The Labute approximate surface area is 200 Å². The standard InChI is InChI=1S/C27H28N3O3P/c1-15-11-20(17(3)30-23-7-5-6-8-24(23)34-32)27-21(12-15)25(31)16(2)26(33-27)18-9-10-22(28)19(13-18)14-29-4/h5-14,17,30,32,34H,28H2,1-4H3. The number of nitrogens with one attached hydrogen (secondary N) is 1. The lowest BCUT2D eigenvalue weighted by atomic mass is 9.98. The molecule has 0 aliphatic heterocycles. The van der Waals surface area contributed by atoms with Gasteiger partial charge in [-0.05, 0) is 56.7 Å². The van der Waals surface area contributed by atoms with E-state index in [1.807, 2.05) is 62.4 Å². The second kappa shape index (κ2) is 9.80. The van der Waals surface area contributed by atoms with Gasteiger partial charge in [-0.1, -0.05) is 24.3 Å². The van der Waals surface area contributed by atoms with Gasteiger partial charge in [-0.3, -0.25) is 9.79 Å². The fourth-order valence-electron chi connectivity index (χ4n) is 4.15. The van der Waals surface area contributed by atoms with Gasteiger partial charge in [0.1, 0.15) is 11.3 Å². The summed E-state index contributed by atoms with van der Waals surface area (Å²) in [4.78, 5) is 27.2. The summed E-state index contributed by atoms with van der Waals surface area (Å²) in [6.07, 6.45) is 1.69. The number of nitrogens with zero attached hydrogens (tertiary/aromatic N) is 1. The van der Waals surface area contributed by atoms with Crippen LogP contribution in [0.3, 0.4) is 0 Å². The lowest BCUT2D eigenvalue weighted by molar-refractivity contribution is 0.605. The molecule has 0 bridgehead atoms. The Bertz CT molecular complexity index is 1460. The van der Waals surface area contributed by atoms with Crippen LogP contribution in [-0.4, -0.2) is 18.2 Å². The van der Waals surface area contributed by atoms with E-state index in [0.717, 1.165) is 33.2 Å². The minimum absolute atomic E-state index is 0.0619. The average molecular weight is 474 g/mol. The molecule has 0 saturated heterocycles. The van der Waals surface area contributed by atoms with Crippen molar-refractivity contribution in [2.75, 3.05) is 18.1 Å². The molecule has 1 aromatic heterocycles. The Morgan fingerprint density at radius 2 is 1.91 bits per heavy atom. The number of nitrogen functional groups attached to an aromatic ring is 1. The molecule has 1 heterocycles. The average Bonchev–Trinajstić information content (AvgIpc) is 2.83. The molecule has 7 heteroatoms. The zero-order valence-electron chi connectivity index (χ0n) is 19.6. The molecule has 4 aromatic rings. The number of anilines is 2. The zero-order chi connectivity index (χ0) is 24.4. The molecule has 4 rings (SSSR count).